The molecule has 0 fully saturated rings. The van der Waals surface area contributed by atoms with E-state index in [1.54, 1.807) is 38.1 Å². The number of carbonyl (C=O) groups is 2. The molecule has 1 aromatic heterocycles. The summed E-state index contributed by atoms with van der Waals surface area (Å²) in [5.41, 5.74) is 2.06. The van der Waals surface area contributed by atoms with Crippen LogP contribution in [-0.4, -0.2) is 45.9 Å². The van der Waals surface area contributed by atoms with Crippen molar-refractivity contribution < 1.29 is 27.5 Å². The van der Waals surface area contributed by atoms with E-state index < -0.39 is 16.0 Å². The second kappa shape index (κ2) is 9.68. The molecule has 33 heavy (non-hydrogen) atoms. The number of ether oxygens (including phenoxy) is 2. The molecule has 0 saturated carbocycles. The van der Waals surface area contributed by atoms with Gasteiger partial charge in [-0.05, 0) is 67.9 Å². The van der Waals surface area contributed by atoms with Gasteiger partial charge in [0.15, 0.2) is 6.61 Å². The first-order valence-corrected chi connectivity index (χ1v) is 11.7. The SMILES string of the molecule is COC(=O)c1c(C)[nH]c(C(=O)COc2ccc(N(C)S(=O)(=O)c3ccc(Cl)cc3)cc2)c1C. The van der Waals surface area contributed by atoms with E-state index in [1.165, 1.54) is 38.4 Å². The summed E-state index contributed by atoms with van der Waals surface area (Å²) < 4.78 is 37.1. The number of hydrogen-bond donors (Lipinski definition) is 1. The van der Waals surface area contributed by atoms with E-state index in [4.69, 9.17) is 21.1 Å². The molecule has 0 saturated heterocycles. The highest BCUT2D eigenvalue weighted by Crippen LogP contribution is 2.25. The minimum atomic E-state index is -3.76. The lowest BCUT2D eigenvalue weighted by atomic mass is 10.1. The third-order valence-corrected chi connectivity index (χ3v) is 7.20. The molecule has 2 aromatic carbocycles. The lowest BCUT2D eigenvalue weighted by Gasteiger charge is -2.20. The Morgan fingerprint density at radius 1 is 1.03 bits per heavy atom. The zero-order valence-electron chi connectivity index (χ0n) is 18.5. The van der Waals surface area contributed by atoms with Crippen LogP contribution in [0.15, 0.2) is 53.4 Å². The first kappa shape index (κ1) is 24.3. The van der Waals surface area contributed by atoms with E-state index in [0.29, 0.717) is 33.3 Å². The number of ketones is 1. The summed E-state index contributed by atoms with van der Waals surface area (Å²) in [6.07, 6.45) is 0. The van der Waals surface area contributed by atoms with Crippen molar-refractivity contribution in [2.24, 2.45) is 0 Å². The van der Waals surface area contributed by atoms with Crippen molar-refractivity contribution in [2.45, 2.75) is 18.7 Å². The number of aryl methyl sites for hydroxylation is 1. The van der Waals surface area contributed by atoms with Gasteiger partial charge in [-0.25, -0.2) is 13.2 Å². The van der Waals surface area contributed by atoms with Gasteiger partial charge in [-0.15, -0.1) is 0 Å². The lowest BCUT2D eigenvalue weighted by molar-refractivity contribution is 0.0599. The molecule has 3 rings (SSSR count). The predicted octanol–water partition coefficient (Wildman–Crippen LogP) is 4.16. The molecule has 0 spiro atoms. The smallest absolute Gasteiger partial charge is 0.339 e. The Balaban J connectivity index is 1.69. The van der Waals surface area contributed by atoms with Gasteiger partial charge < -0.3 is 14.5 Å². The number of hydrogen-bond acceptors (Lipinski definition) is 6. The van der Waals surface area contributed by atoms with Crippen molar-refractivity contribution in [3.8, 4) is 5.75 Å². The maximum atomic E-state index is 12.8. The molecule has 0 aliphatic heterocycles. The van der Waals surface area contributed by atoms with Gasteiger partial charge in [-0.2, -0.15) is 0 Å². The number of esters is 1. The van der Waals surface area contributed by atoms with Gasteiger partial charge in [-0.1, -0.05) is 11.6 Å². The summed E-state index contributed by atoms with van der Waals surface area (Å²) in [5.74, 6) is -0.467. The number of methoxy groups -OCH3 is 1. The molecule has 8 nitrogen and oxygen atoms in total. The fourth-order valence-corrected chi connectivity index (χ4v) is 4.64. The van der Waals surface area contributed by atoms with Crippen molar-refractivity contribution in [1.29, 1.82) is 0 Å². The van der Waals surface area contributed by atoms with Gasteiger partial charge in [0.25, 0.3) is 10.0 Å². The van der Waals surface area contributed by atoms with E-state index in [1.807, 2.05) is 0 Å². The van der Waals surface area contributed by atoms with Crippen molar-refractivity contribution in [3.05, 3.63) is 76.1 Å². The maximum absolute atomic E-state index is 12.8. The molecular weight excluding hydrogens is 468 g/mol. The van der Waals surface area contributed by atoms with Crippen LogP contribution in [-0.2, 0) is 14.8 Å². The van der Waals surface area contributed by atoms with Crippen LogP contribution in [0.5, 0.6) is 5.75 Å². The molecule has 0 bridgehead atoms. The van der Waals surface area contributed by atoms with Crippen LogP contribution in [0.2, 0.25) is 5.02 Å². The summed E-state index contributed by atoms with van der Waals surface area (Å²) in [5, 5.41) is 0.443. The molecule has 0 aliphatic carbocycles. The van der Waals surface area contributed by atoms with E-state index in [0.717, 1.165) is 4.31 Å². The fourth-order valence-electron chi connectivity index (χ4n) is 3.31. The van der Waals surface area contributed by atoms with Crippen LogP contribution in [0.3, 0.4) is 0 Å². The second-order valence-corrected chi connectivity index (χ2v) is 9.65. The molecule has 1 N–H and O–H groups in total. The average Bonchev–Trinajstić information content (AvgIpc) is 3.11. The largest absolute Gasteiger partial charge is 0.485 e. The lowest BCUT2D eigenvalue weighted by Crippen LogP contribution is -2.26. The Bertz CT molecular complexity index is 1280. The van der Waals surface area contributed by atoms with Crippen LogP contribution in [0, 0.1) is 13.8 Å². The predicted molar refractivity (Wildman–Crippen MR) is 125 cm³/mol. The topological polar surface area (TPSA) is 106 Å². The molecule has 0 atom stereocenters. The number of aromatic amines is 1. The van der Waals surface area contributed by atoms with Crippen molar-refractivity contribution in [3.63, 3.8) is 0 Å². The number of benzene rings is 2. The molecular formula is C23H23ClN2O6S. The standard InChI is InChI=1S/C23H23ClN2O6S/c1-14-21(23(28)31-4)15(2)25-22(14)20(27)13-32-18-9-7-17(8-10-18)26(3)33(29,30)19-11-5-16(24)6-12-19/h5-12,25H,13H2,1-4H3. The first-order valence-electron chi connectivity index (χ1n) is 9.84. The highest BCUT2D eigenvalue weighted by atomic mass is 35.5. The van der Waals surface area contributed by atoms with Gasteiger partial charge in [-0.3, -0.25) is 9.10 Å². The molecule has 174 valence electrons. The number of Topliss-reactive ketones (excluding diaryl/α,β-unsaturated/α-hetero) is 1. The van der Waals surface area contributed by atoms with Crippen LogP contribution in [0.25, 0.3) is 0 Å². The van der Waals surface area contributed by atoms with Crippen molar-refractivity contribution in [2.75, 3.05) is 25.1 Å². The monoisotopic (exact) mass is 490 g/mol. The highest BCUT2D eigenvalue weighted by molar-refractivity contribution is 7.92. The number of H-pyrrole nitrogens is 1. The maximum Gasteiger partial charge on any atom is 0.339 e. The molecule has 0 amide bonds. The molecule has 0 aliphatic rings. The first-order chi connectivity index (χ1) is 15.6. The molecule has 1 heterocycles. The summed E-state index contributed by atoms with van der Waals surface area (Å²) in [6.45, 7) is 3.08. The Morgan fingerprint density at radius 2 is 1.64 bits per heavy atom. The number of nitrogens with one attached hydrogen (secondary N) is 1. The zero-order valence-corrected chi connectivity index (χ0v) is 20.1. The van der Waals surface area contributed by atoms with Gasteiger partial charge in [0, 0.05) is 17.8 Å². The van der Waals surface area contributed by atoms with Gasteiger partial charge in [0.1, 0.15) is 5.75 Å². The van der Waals surface area contributed by atoms with E-state index in [-0.39, 0.29) is 23.0 Å². The Labute approximate surface area is 197 Å². The van der Waals surface area contributed by atoms with E-state index >= 15 is 0 Å². The fraction of sp³-hybridized carbons (Fsp3) is 0.217. The second-order valence-electron chi connectivity index (χ2n) is 7.25. The Kier molecular flexibility index (Phi) is 7.14. The van der Waals surface area contributed by atoms with Crippen LogP contribution in [0.1, 0.15) is 32.1 Å². The van der Waals surface area contributed by atoms with Crippen LogP contribution in [0.4, 0.5) is 5.69 Å². The summed E-state index contributed by atoms with van der Waals surface area (Å²) >= 11 is 5.84. The van der Waals surface area contributed by atoms with E-state index in [9.17, 15) is 18.0 Å². The van der Waals surface area contributed by atoms with Gasteiger partial charge >= 0.3 is 5.97 Å². The van der Waals surface area contributed by atoms with Crippen molar-refractivity contribution >= 4 is 39.1 Å². The number of halogens is 1. The molecule has 3 aromatic rings. The van der Waals surface area contributed by atoms with Gasteiger partial charge in [0.2, 0.25) is 5.78 Å². The zero-order chi connectivity index (χ0) is 24.3. The third-order valence-electron chi connectivity index (χ3n) is 5.15. The molecule has 0 unspecified atom stereocenters. The number of sulfonamides is 1. The summed E-state index contributed by atoms with van der Waals surface area (Å²) in [7, 11) is -1.04. The minimum absolute atomic E-state index is 0.114. The van der Waals surface area contributed by atoms with Crippen LogP contribution >= 0.6 is 11.6 Å². The number of rotatable bonds is 8. The third kappa shape index (κ3) is 5.04. The van der Waals surface area contributed by atoms with Crippen LogP contribution < -0.4 is 9.04 Å². The molecule has 10 heteroatoms. The number of anilines is 1. The average molecular weight is 491 g/mol. The highest BCUT2D eigenvalue weighted by Gasteiger charge is 2.23. The van der Waals surface area contributed by atoms with Crippen molar-refractivity contribution in [1.82, 2.24) is 4.98 Å². The number of nitrogens with zero attached hydrogens (tertiary/aromatic N) is 1. The number of carbonyl (C=O) groups excluding carboxylic acids is 2. The Morgan fingerprint density at radius 3 is 2.21 bits per heavy atom. The number of aromatic nitrogens is 1. The normalized spacial score (nSPS) is 11.2. The van der Waals surface area contributed by atoms with Gasteiger partial charge in [0.05, 0.1) is 29.0 Å². The molecule has 0 radical (unpaired) electrons. The minimum Gasteiger partial charge on any atom is -0.485 e. The summed E-state index contributed by atoms with van der Waals surface area (Å²) in [4.78, 5) is 27.5. The Hall–Kier alpha value is -3.30. The quantitative estimate of drug-likeness (QED) is 0.375. The van der Waals surface area contributed by atoms with E-state index in [2.05, 4.69) is 4.98 Å². The summed E-state index contributed by atoms with van der Waals surface area (Å²) in [6, 6.07) is 12.2.